The van der Waals surface area contributed by atoms with Crippen molar-refractivity contribution in [2.45, 2.75) is 6.16 Å². The average molecular weight is 567 g/mol. The summed E-state index contributed by atoms with van der Waals surface area (Å²) in [5.74, 6) is -0.322. The molecule has 0 aliphatic rings. The molecule has 0 heterocycles. The van der Waals surface area contributed by atoms with Crippen LogP contribution >= 0.6 is 7.26 Å². The van der Waals surface area contributed by atoms with Crippen LogP contribution in [0.4, 0.5) is 0 Å². The van der Waals surface area contributed by atoms with Gasteiger partial charge >= 0.3 is 5.97 Å². The number of hydrogen-bond donors (Lipinski definition) is 0. The van der Waals surface area contributed by atoms with Gasteiger partial charge in [-0.3, -0.25) is 0 Å². The highest BCUT2D eigenvalue weighted by molar-refractivity contribution is 7.95. The third kappa shape index (κ3) is 5.59. The number of halogens is 1. The quantitative estimate of drug-likeness (QED) is 0.222. The van der Waals surface area contributed by atoms with Gasteiger partial charge in [-0.1, -0.05) is 84.9 Å². The van der Waals surface area contributed by atoms with Crippen LogP contribution < -0.4 is 32.9 Å². The average Bonchev–Trinajstić information content (AvgIpc) is 2.97. The Morgan fingerprint density at radius 3 is 1.46 bits per heavy atom. The maximum atomic E-state index is 12.7. The van der Waals surface area contributed by atoms with Crippen molar-refractivity contribution in [3.05, 3.63) is 151 Å². The van der Waals surface area contributed by atoms with E-state index >= 15 is 0 Å². The summed E-state index contributed by atoms with van der Waals surface area (Å²) in [6, 6.07) is 48.8. The van der Waals surface area contributed by atoms with E-state index in [9.17, 15) is 4.79 Å². The third-order valence-corrected chi connectivity index (χ3v) is 10.9. The van der Waals surface area contributed by atoms with Crippen molar-refractivity contribution in [1.82, 2.24) is 0 Å². The number of esters is 1. The van der Waals surface area contributed by atoms with E-state index in [-0.39, 0.29) is 23.0 Å². The van der Waals surface area contributed by atoms with Gasteiger partial charge in [-0.25, -0.2) is 4.79 Å². The van der Waals surface area contributed by atoms with Crippen molar-refractivity contribution in [3.63, 3.8) is 0 Å². The standard InChI is InChI=1S/C33H28O2P.BrH/c1-35-33(34)29-23-26(22-28(24-29)27-14-6-2-7-15-27)25-36(30-16-8-3-9-17-30,31-18-10-4-11-19-31)32-20-12-5-13-21-32;/h2-24H,25H2,1H3;1H/q+1;/p-1. The van der Waals surface area contributed by atoms with E-state index in [1.54, 1.807) is 0 Å². The Hall–Kier alpha value is -3.52. The van der Waals surface area contributed by atoms with Gasteiger partial charge in [0.1, 0.15) is 23.2 Å². The number of benzene rings is 5. The highest BCUT2D eigenvalue weighted by Gasteiger charge is 2.45. The Labute approximate surface area is 230 Å². The summed E-state index contributed by atoms with van der Waals surface area (Å²) in [4.78, 5) is 12.7. The maximum Gasteiger partial charge on any atom is 0.337 e. The second-order valence-corrected chi connectivity index (χ2v) is 12.2. The molecule has 0 atom stereocenters. The summed E-state index contributed by atoms with van der Waals surface area (Å²) < 4.78 is 5.14. The van der Waals surface area contributed by atoms with Crippen LogP contribution in [0.1, 0.15) is 15.9 Å². The first-order chi connectivity index (χ1) is 17.7. The Morgan fingerprint density at radius 1 is 0.595 bits per heavy atom. The van der Waals surface area contributed by atoms with Gasteiger partial charge in [-0.05, 0) is 71.3 Å². The Bertz CT molecular complexity index is 1340. The van der Waals surface area contributed by atoms with Crippen molar-refractivity contribution < 1.29 is 26.5 Å². The molecule has 184 valence electrons. The number of carbonyl (C=O) groups is 1. The first-order valence-electron chi connectivity index (χ1n) is 12.0. The third-order valence-electron chi connectivity index (χ3n) is 6.53. The first-order valence-corrected chi connectivity index (χ1v) is 14.0. The zero-order valence-electron chi connectivity index (χ0n) is 20.6. The molecule has 5 rings (SSSR count). The molecular weight excluding hydrogens is 539 g/mol. The fourth-order valence-corrected chi connectivity index (χ4v) is 9.07. The van der Waals surface area contributed by atoms with Crippen molar-refractivity contribution >= 4 is 29.1 Å². The minimum Gasteiger partial charge on any atom is -1.00 e. The van der Waals surface area contributed by atoms with E-state index < -0.39 is 7.26 Å². The summed E-state index contributed by atoms with van der Waals surface area (Å²) in [7, 11) is -0.660. The zero-order valence-corrected chi connectivity index (χ0v) is 23.1. The second-order valence-electron chi connectivity index (χ2n) is 8.75. The molecule has 0 N–H and O–H groups in total. The maximum absolute atomic E-state index is 12.7. The molecule has 0 amide bonds. The van der Waals surface area contributed by atoms with Crippen LogP contribution in [-0.4, -0.2) is 13.1 Å². The van der Waals surface area contributed by atoms with Gasteiger partial charge in [0.25, 0.3) is 0 Å². The fraction of sp³-hybridized carbons (Fsp3) is 0.0606. The molecular formula is C33H28BrO2P. The van der Waals surface area contributed by atoms with Gasteiger partial charge in [-0.2, -0.15) is 0 Å². The van der Waals surface area contributed by atoms with Crippen LogP contribution in [-0.2, 0) is 10.9 Å². The normalized spacial score (nSPS) is 10.8. The van der Waals surface area contributed by atoms with E-state index in [1.165, 1.54) is 23.0 Å². The SMILES string of the molecule is COC(=O)c1cc(C[P+](c2ccccc2)(c2ccccc2)c2ccccc2)cc(-c2ccccc2)c1.[Br-]. The summed E-state index contributed by atoms with van der Waals surface area (Å²) in [5, 5.41) is 3.94. The molecule has 0 aliphatic carbocycles. The predicted octanol–water partition coefficient (Wildman–Crippen LogP) is 3.64. The minimum absolute atomic E-state index is 0. The lowest BCUT2D eigenvalue weighted by atomic mass is 10.0. The van der Waals surface area contributed by atoms with Crippen LogP contribution in [0.3, 0.4) is 0 Å². The van der Waals surface area contributed by atoms with Crippen molar-refractivity contribution in [3.8, 4) is 11.1 Å². The smallest absolute Gasteiger partial charge is 0.337 e. The molecule has 0 radical (unpaired) electrons. The van der Waals surface area contributed by atoms with E-state index in [0.29, 0.717) is 5.56 Å². The van der Waals surface area contributed by atoms with Crippen molar-refractivity contribution in [2.24, 2.45) is 0 Å². The first kappa shape index (κ1) is 26.5. The minimum atomic E-state index is -2.10. The lowest BCUT2D eigenvalue weighted by Crippen LogP contribution is -3.00. The number of methoxy groups -OCH3 is 1. The fourth-order valence-electron chi connectivity index (χ4n) is 4.86. The van der Waals surface area contributed by atoms with Gasteiger partial charge in [0.2, 0.25) is 0 Å². The van der Waals surface area contributed by atoms with Gasteiger partial charge in [0.15, 0.2) is 0 Å². The molecule has 0 fully saturated rings. The van der Waals surface area contributed by atoms with Gasteiger partial charge < -0.3 is 21.7 Å². The van der Waals surface area contributed by atoms with Crippen LogP contribution in [0.2, 0.25) is 0 Å². The molecule has 37 heavy (non-hydrogen) atoms. The molecule has 0 saturated carbocycles. The molecule has 0 unspecified atom stereocenters. The molecule has 0 spiro atoms. The number of carbonyl (C=O) groups excluding carboxylic acids is 1. The Morgan fingerprint density at radius 2 is 1.03 bits per heavy atom. The van der Waals surface area contributed by atoms with Crippen LogP contribution in [0.25, 0.3) is 11.1 Å². The molecule has 0 aromatic heterocycles. The largest absolute Gasteiger partial charge is 1.00 e. The number of hydrogen-bond acceptors (Lipinski definition) is 2. The van der Waals surface area contributed by atoms with Crippen LogP contribution in [0.15, 0.2) is 140 Å². The highest BCUT2D eigenvalue weighted by atomic mass is 79.9. The molecule has 2 nitrogen and oxygen atoms in total. The van der Waals surface area contributed by atoms with Crippen molar-refractivity contribution in [1.29, 1.82) is 0 Å². The summed E-state index contributed by atoms with van der Waals surface area (Å²) in [5.41, 5.74) is 3.77. The van der Waals surface area contributed by atoms with Crippen molar-refractivity contribution in [2.75, 3.05) is 7.11 Å². The summed E-state index contributed by atoms with van der Waals surface area (Å²) in [6.07, 6.45) is 0.787. The Balaban J connectivity index is 0.00000320. The molecule has 5 aromatic rings. The predicted molar refractivity (Wildman–Crippen MR) is 152 cm³/mol. The molecule has 5 aromatic carbocycles. The van der Waals surface area contributed by atoms with E-state index in [4.69, 9.17) is 4.74 Å². The number of rotatable bonds is 7. The molecule has 0 bridgehead atoms. The van der Waals surface area contributed by atoms with Crippen LogP contribution in [0, 0.1) is 0 Å². The van der Waals surface area contributed by atoms with Gasteiger partial charge in [-0.15, -0.1) is 0 Å². The number of ether oxygens (including phenoxy) is 1. The molecule has 4 heteroatoms. The summed E-state index contributed by atoms with van der Waals surface area (Å²) in [6.45, 7) is 0. The van der Waals surface area contributed by atoms with E-state index in [2.05, 4.69) is 109 Å². The van der Waals surface area contributed by atoms with Crippen LogP contribution in [0.5, 0.6) is 0 Å². The topological polar surface area (TPSA) is 26.3 Å². The molecule has 0 saturated heterocycles. The monoisotopic (exact) mass is 566 g/mol. The molecule has 0 aliphatic heterocycles. The van der Waals surface area contributed by atoms with Gasteiger partial charge in [0.05, 0.1) is 18.8 Å². The lowest BCUT2D eigenvalue weighted by molar-refractivity contribution is -0.0000214. The van der Waals surface area contributed by atoms with E-state index in [0.717, 1.165) is 22.9 Å². The highest BCUT2D eigenvalue weighted by Crippen LogP contribution is 2.58. The van der Waals surface area contributed by atoms with Gasteiger partial charge in [0, 0.05) is 0 Å². The Kier molecular flexibility index (Phi) is 8.71. The summed E-state index contributed by atoms with van der Waals surface area (Å²) >= 11 is 0. The zero-order chi connectivity index (χ0) is 24.8. The lowest BCUT2D eigenvalue weighted by Gasteiger charge is -2.28. The second kappa shape index (κ2) is 12.1. The van der Waals surface area contributed by atoms with E-state index in [1.807, 2.05) is 30.3 Å².